The van der Waals surface area contributed by atoms with E-state index in [0.29, 0.717) is 6.07 Å². The van der Waals surface area contributed by atoms with Crippen LogP contribution in [0.3, 0.4) is 0 Å². The molecular weight excluding hydrogens is 399 g/mol. The highest BCUT2D eigenvalue weighted by molar-refractivity contribution is 6.32. The number of carboxylic acids is 1. The minimum atomic E-state index is -4.98. The number of halogens is 6. The van der Waals surface area contributed by atoms with Crippen molar-refractivity contribution in [2.75, 3.05) is 0 Å². The van der Waals surface area contributed by atoms with Crippen molar-refractivity contribution in [1.29, 1.82) is 0 Å². The van der Waals surface area contributed by atoms with Crippen LogP contribution in [0.1, 0.15) is 5.56 Å². The van der Waals surface area contributed by atoms with Gasteiger partial charge in [-0.3, -0.25) is 0 Å². The van der Waals surface area contributed by atoms with Crippen LogP contribution in [0.5, 0.6) is 17.2 Å². The van der Waals surface area contributed by atoms with E-state index in [2.05, 4.69) is 0 Å². The van der Waals surface area contributed by atoms with Gasteiger partial charge in [0.1, 0.15) is 17.3 Å². The van der Waals surface area contributed by atoms with E-state index in [0.717, 1.165) is 30.3 Å². The summed E-state index contributed by atoms with van der Waals surface area (Å²) in [7, 11) is 0. The largest absolute Gasteiger partial charge is 0.478 e. The molecule has 27 heavy (non-hydrogen) atoms. The smallest absolute Gasteiger partial charge is 0.430 e. The van der Waals surface area contributed by atoms with Crippen LogP contribution < -0.4 is 9.47 Å². The van der Waals surface area contributed by atoms with Gasteiger partial charge in [-0.05, 0) is 24.3 Å². The number of ether oxygens (including phenoxy) is 2. The van der Waals surface area contributed by atoms with Gasteiger partial charge in [0.05, 0.1) is 10.6 Å². The van der Waals surface area contributed by atoms with Gasteiger partial charge in [-0.1, -0.05) is 11.6 Å². The highest BCUT2D eigenvalue weighted by Crippen LogP contribution is 2.42. The van der Waals surface area contributed by atoms with E-state index in [1.54, 1.807) is 0 Å². The van der Waals surface area contributed by atoms with Gasteiger partial charge in [-0.15, -0.1) is 0 Å². The van der Waals surface area contributed by atoms with Crippen molar-refractivity contribution in [1.82, 2.24) is 0 Å². The first kappa shape index (κ1) is 19.0. The molecule has 1 unspecified atom stereocenters. The van der Waals surface area contributed by atoms with Crippen molar-refractivity contribution in [3.63, 3.8) is 0 Å². The molecule has 142 valence electrons. The number of rotatable bonds is 3. The average Bonchev–Trinajstić information content (AvgIpc) is 2.55. The third-order valence-electron chi connectivity index (χ3n) is 3.56. The fourth-order valence-electron chi connectivity index (χ4n) is 2.37. The van der Waals surface area contributed by atoms with Gasteiger partial charge >= 0.3 is 12.1 Å². The van der Waals surface area contributed by atoms with Gasteiger partial charge in [-0.2, -0.15) is 13.2 Å². The molecule has 1 aliphatic heterocycles. The Hall–Kier alpha value is -2.81. The van der Waals surface area contributed by atoms with Crippen molar-refractivity contribution in [3.8, 4) is 17.2 Å². The molecule has 2 aromatic carbocycles. The summed E-state index contributed by atoms with van der Waals surface area (Å²) < 4.78 is 75.9. The third kappa shape index (κ3) is 3.82. The van der Waals surface area contributed by atoms with Crippen LogP contribution >= 0.6 is 11.6 Å². The van der Waals surface area contributed by atoms with E-state index >= 15 is 0 Å². The van der Waals surface area contributed by atoms with Gasteiger partial charge in [0.25, 0.3) is 0 Å². The van der Waals surface area contributed by atoms with E-state index in [4.69, 9.17) is 26.2 Å². The van der Waals surface area contributed by atoms with E-state index in [1.807, 2.05) is 0 Å². The molecule has 0 saturated heterocycles. The molecule has 0 amide bonds. The molecule has 1 atom stereocenters. The Kier molecular flexibility index (Phi) is 4.73. The zero-order chi connectivity index (χ0) is 19.9. The Balaban J connectivity index is 2.02. The lowest BCUT2D eigenvalue weighted by atomic mass is 10.0. The van der Waals surface area contributed by atoms with Crippen LogP contribution in [0.4, 0.5) is 22.0 Å². The number of hydrogen-bond acceptors (Lipinski definition) is 3. The monoisotopic (exact) mass is 406 g/mol. The maximum atomic E-state index is 13.7. The Morgan fingerprint density at radius 1 is 1.15 bits per heavy atom. The normalized spacial score (nSPS) is 16.2. The number of carbonyl (C=O) groups is 1. The molecular formula is C17H8ClF5O4. The van der Waals surface area contributed by atoms with Crippen molar-refractivity contribution < 1.29 is 41.3 Å². The topological polar surface area (TPSA) is 55.8 Å². The van der Waals surface area contributed by atoms with Gasteiger partial charge in [0.15, 0.2) is 11.6 Å². The first-order valence-corrected chi connectivity index (χ1v) is 7.59. The standard InChI is InChI=1S/C17H8ClF5O4/c18-10-4-7-3-9(16(24)25)15(17(21,22)23)27-13(7)6-14(10)26-12-2-1-8(19)5-11(12)20/h1-6,15H,(H,24,25). The maximum absolute atomic E-state index is 13.7. The van der Waals surface area contributed by atoms with Crippen LogP contribution in [0.2, 0.25) is 5.02 Å². The van der Waals surface area contributed by atoms with Crippen LogP contribution in [0.15, 0.2) is 35.9 Å². The van der Waals surface area contributed by atoms with Crippen LogP contribution in [-0.2, 0) is 4.79 Å². The quantitative estimate of drug-likeness (QED) is 0.712. The summed E-state index contributed by atoms with van der Waals surface area (Å²) in [5.41, 5.74) is -1.03. The van der Waals surface area contributed by atoms with Crippen molar-refractivity contribution in [3.05, 3.63) is 58.1 Å². The lowest BCUT2D eigenvalue weighted by Gasteiger charge is -2.27. The van der Waals surface area contributed by atoms with Crippen LogP contribution in [0, 0.1) is 11.6 Å². The zero-order valence-electron chi connectivity index (χ0n) is 13.0. The Bertz CT molecular complexity index is 955. The third-order valence-corrected chi connectivity index (χ3v) is 3.86. The van der Waals surface area contributed by atoms with Gasteiger partial charge in [0.2, 0.25) is 6.10 Å². The number of alkyl halides is 3. The molecule has 4 nitrogen and oxygen atoms in total. The highest BCUT2D eigenvalue weighted by Gasteiger charge is 2.48. The molecule has 0 radical (unpaired) electrons. The molecule has 1 aliphatic rings. The molecule has 0 saturated carbocycles. The fraction of sp³-hybridized carbons (Fsp3) is 0.118. The number of benzene rings is 2. The first-order chi connectivity index (χ1) is 12.6. The fourth-order valence-corrected chi connectivity index (χ4v) is 2.58. The summed E-state index contributed by atoms with van der Waals surface area (Å²) in [6.45, 7) is 0. The zero-order valence-corrected chi connectivity index (χ0v) is 13.7. The van der Waals surface area contributed by atoms with E-state index in [9.17, 15) is 26.7 Å². The predicted octanol–water partition coefficient (Wildman–Crippen LogP) is 5.20. The highest BCUT2D eigenvalue weighted by atomic mass is 35.5. The van der Waals surface area contributed by atoms with Crippen LogP contribution in [0.25, 0.3) is 6.08 Å². The minimum absolute atomic E-state index is 0.0233. The number of aliphatic carboxylic acids is 1. The van der Waals surface area contributed by atoms with E-state index < -0.39 is 41.2 Å². The van der Waals surface area contributed by atoms with Gasteiger partial charge < -0.3 is 14.6 Å². The second kappa shape index (κ2) is 6.73. The summed E-state index contributed by atoms with van der Waals surface area (Å²) in [4.78, 5) is 11.1. The molecule has 0 aliphatic carbocycles. The predicted molar refractivity (Wildman–Crippen MR) is 84.0 cm³/mol. The van der Waals surface area contributed by atoms with Gasteiger partial charge in [-0.25, -0.2) is 13.6 Å². The second-order valence-electron chi connectivity index (χ2n) is 5.44. The Morgan fingerprint density at radius 2 is 1.85 bits per heavy atom. The summed E-state index contributed by atoms with van der Waals surface area (Å²) in [6.07, 6.45) is -6.89. The first-order valence-electron chi connectivity index (χ1n) is 7.21. The van der Waals surface area contributed by atoms with Crippen molar-refractivity contribution in [2.45, 2.75) is 12.3 Å². The number of carboxylic acid groups (broad SMARTS) is 1. The van der Waals surface area contributed by atoms with E-state index in [-0.39, 0.29) is 22.1 Å². The Labute approximate surface area is 153 Å². The number of fused-ring (bicyclic) bond motifs is 1. The minimum Gasteiger partial charge on any atom is -0.478 e. The lowest BCUT2D eigenvalue weighted by molar-refractivity contribution is -0.187. The molecule has 0 fully saturated rings. The van der Waals surface area contributed by atoms with Crippen LogP contribution in [-0.4, -0.2) is 23.4 Å². The lowest BCUT2D eigenvalue weighted by Crippen LogP contribution is -2.40. The number of hydrogen-bond donors (Lipinski definition) is 1. The summed E-state index contributed by atoms with van der Waals surface area (Å²) in [5, 5.41) is 8.85. The molecule has 1 heterocycles. The maximum Gasteiger partial charge on any atom is 0.430 e. The molecule has 0 aromatic heterocycles. The summed E-state index contributed by atoms with van der Waals surface area (Å²) in [5.74, 6) is -4.72. The molecule has 0 bridgehead atoms. The molecule has 1 N–H and O–H groups in total. The van der Waals surface area contributed by atoms with Crippen molar-refractivity contribution in [2.24, 2.45) is 0 Å². The second-order valence-corrected chi connectivity index (χ2v) is 5.85. The molecule has 2 aromatic rings. The van der Waals surface area contributed by atoms with E-state index in [1.165, 1.54) is 0 Å². The Morgan fingerprint density at radius 3 is 2.44 bits per heavy atom. The SMILES string of the molecule is O=C(O)C1=Cc2cc(Cl)c(Oc3ccc(F)cc3F)cc2OC1C(F)(F)F. The van der Waals surface area contributed by atoms with Gasteiger partial charge in [0, 0.05) is 17.7 Å². The summed E-state index contributed by atoms with van der Waals surface area (Å²) in [6, 6.07) is 4.53. The molecule has 0 spiro atoms. The van der Waals surface area contributed by atoms with Crippen molar-refractivity contribution >= 4 is 23.6 Å². The molecule has 10 heteroatoms. The average molecular weight is 407 g/mol. The summed E-state index contributed by atoms with van der Waals surface area (Å²) >= 11 is 5.97. The molecule has 3 rings (SSSR count).